The lowest BCUT2D eigenvalue weighted by Crippen LogP contribution is -2.43. The van der Waals surface area contributed by atoms with Gasteiger partial charge in [-0.25, -0.2) is 9.59 Å². The molecule has 0 fully saturated rings. The molecule has 1 unspecified atom stereocenters. The SMILES string of the molecule is COC(=O)N(C)C(Cc1ccccc1)C(=O)O. The normalized spacial score (nSPS) is 11.6. The zero-order valence-corrected chi connectivity index (χ0v) is 9.79. The Morgan fingerprint density at radius 3 is 2.41 bits per heavy atom. The van der Waals surface area contributed by atoms with E-state index in [0.717, 1.165) is 10.5 Å². The van der Waals surface area contributed by atoms with Gasteiger partial charge in [-0.15, -0.1) is 0 Å². The molecule has 1 atom stereocenters. The maximum Gasteiger partial charge on any atom is 0.409 e. The highest BCUT2D eigenvalue weighted by Crippen LogP contribution is 2.09. The van der Waals surface area contributed by atoms with Crippen LogP contribution in [0.3, 0.4) is 0 Å². The predicted octanol–water partition coefficient (Wildman–Crippen LogP) is 1.38. The Kier molecular flexibility index (Phi) is 4.51. The van der Waals surface area contributed by atoms with E-state index in [9.17, 15) is 9.59 Å². The van der Waals surface area contributed by atoms with E-state index in [0.29, 0.717) is 0 Å². The molecule has 0 bridgehead atoms. The average molecular weight is 237 g/mol. The molecule has 5 heteroatoms. The van der Waals surface area contributed by atoms with Crippen molar-refractivity contribution in [1.82, 2.24) is 4.90 Å². The Labute approximate surface area is 99.6 Å². The molecule has 92 valence electrons. The Morgan fingerprint density at radius 2 is 1.94 bits per heavy atom. The number of nitrogens with zero attached hydrogens (tertiary/aromatic N) is 1. The first-order valence-electron chi connectivity index (χ1n) is 5.13. The third-order valence-electron chi connectivity index (χ3n) is 2.49. The standard InChI is InChI=1S/C12H15NO4/c1-13(12(16)17-2)10(11(14)15)8-9-6-4-3-5-7-9/h3-7,10H,8H2,1-2H3,(H,14,15). The number of methoxy groups -OCH3 is 1. The third kappa shape index (κ3) is 3.48. The Bertz CT molecular complexity index is 391. The van der Waals surface area contributed by atoms with Gasteiger partial charge in [0, 0.05) is 13.5 Å². The summed E-state index contributed by atoms with van der Waals surface area (Å²) in [5, 5.41) is 9.10. The number of hydrogen-bond acceptors (Lipinski definition) is 3. The number of ether oxygens (including phenoxy) is 1. The second kappa shape index (κ2) is 5.89. The molecule has 0 heterocycles. The Morgan fingerprint density at radius 1 is 1.35 bits per heavy atom. The lowest BCUT2D eigenvalue weighted by Gasteiger charge is -2.23. The van der Waals surface area contributed by atoms with Crippen molar-refractivity contribution in [3.8, 4) is 0 Å². The molecule has 1 aromatic rings. The average Bonchev–Trinajstić information content (AvgIpc) is 2.35. The molecule has 0 saturated heterocycles. The van der Waals surface area contributed by atoms with Gasteiger partial charge in [0.2, 0.25) is 0 Å². The van der Waals surface area contributed by atoms with Crippen molar-refractivity contribution in [2.45, 2.75) is 12.5 Å². The second-order valence-electron chi connectivity index (χ2n) is 3.62. The monoisotopic (exact) mass is 237 g/mol. The van der Waals surface area contributed by atoms with Crippen molar-refractivity contribution in [2.24, 2.45) is 0 Å². The minimum Gasteiger partial charge on any atom is -0.480 e. The minimum absolute atomic E-state index is 0.252. The first-order chi connectivity index (χ1) is 8.06. The van der Waals surface area contributed by atoms with E-state index in [2.05, 4.69) is 4.74 Å². The van der Waals surface area contributed by atoms with Gasteiger partial charge in [-0.1, -0.05) is 30.3 Å². The van der Waals surface area contributed by atoms with Crippen molar-refractivity contribution in [2.75, 3.05) is 14.2 Å². The van der Waals surface area contributed by atoms with E-state index < -0.39 is 18.1 Å². The summed E-state index contributed by atoms with van der Waals surface area (Å²) in [4.78, 5) is 23.5. The highest BCUT2D eigenvalue weighted by Gasteiger charge is 2.27. The van der Waals surface area contributed by atoms with Gasteiger partial charge in [0.05, 0.1) is 7.11 Å². The first kappa shape index (κ1) is 13.0. The fraction of sp³-hybridized carbons (Fsp3) is 0.333. The Balaban J connectivity index is 2.81. The summed E-state index contributed by atoms with van der Waals surface area (Å²) in [7, 11) is 2.63. The fourth-order valence-electron chi connectivity index (χ4n) is 1.50. The zero-order chi connectivity index (χ0) is 12.8. The van der Waals surface area contributed by atoms with E-state index in [1.807, 2.05) is 30.3 Å². The number of likely N-dealkylation sites (N-methyl/N-ethyl adjacent to an activating group) is 1. The molecule has 0 spiro atoms. The summed E-state index contributed by atoms with van der Waals surface area (Å²) in [6.45, 7) is 0. The number of benzene rings is 1. The molecule has 0 aliphatic heterocycles. The van der Waals surface area contributed by atoms with Crippen LogP contribution in [0.1, 0.15) is 5.56 Å². The summed E-state index contributed by atoms with van der Waals surface area (Å²) in [5.74, 6) is -1.05. The van der Waals surface area contributed by atoms with E-state index in [4.69, 9.17) is 5.11 Å². The number of aliphatic carboxylic acids is 1. The minimum atomic E-state index is -1.05. The van der Waals surface area contributed by atoms with Crippen molar-refractivity contribution >= 4 is 12.1 Å². The number of carboxylic acids is 1. The number of carbonyl (C=O) groups excluding carboxylic acids is 1. The summed E-state index contributed by atoms with van der Waals surface area (Å²) >= 11 is 0. The van der Waals surface area contributed by atoms with Gasteiger partial charge >= 0.3 is 12.1 Å². The van der Waals surface area contributed by atoms with Crippen LogP contribution in [-0.4, -0.2) is 42.3 Å². The van der Waals surface area contributed by atoms with Gasteiger partial charge in [-0.05, 0) is 5.56 Å². The lowest BCUT2D eigenvalue weighted by molar-refractivity contribution is -0.142. The molecule has 1 aromatic carbocycles. The highest BCUT2D eigenvalue weighted by molar-refractivity contribution is 5.80. The van der Waals surface area contributed by atoms with Gasteiger partial charge in [0.15, 0.2) is 0 Å². The van der Waals surface area contributed by atoms with Crippen LogP contribution >= 0.6 is 0 Å². The molecule has 1 amide bonds. The van der Waals surface area contributed by atoms with Crippen molar-refractivity contribution in [3.05, 3.63) is 35.9 Å². The summed E-state index contributed by atoms with van der Waals surface area (Å²) in [5.41, 5.74) is 0.857. The molecule has 0 aliphatic carbocycles. The molecule has 17 heavy (non-hydrogen) atoms. The van der Waals surface area contributed by atoms with E-state index in [-0.39, 0.29) is 6.42 Å². The topological polar surface area (TPSA) is 66.8 Å². The van der Waals surface area contributed by atoms with Gasteiger partial charge in [-0.2, -0.15) is 0 Å². The van der Waals surface area contributed by atoms with Gasteiger partial charge < -0.3 is 9.84 Å². The molecule has 1 rings (SSSR count). The van der Waals surface area contributed by atoms with Crippen LogP contribution in [0.5, 0.6) is 0 Å². The number of amides is 1. The third-order valence-corrected chi connectivity index (χ3v) is 2.49. The second-order valence-corrected chi connectivity index (χ2v) is 3.62. The lowest BCUT2D eigenvalue weighted by atomic mass is 10.1. The Hall–Kier alpha value is -2.04. The predicted molar refractivity (Wildman–Crippen MR) is 61.7 cm³/mol. The van der Waals surface area contributed by atoms with Crippen LogP contribution < -0.4 is 0 Å². The maximum absolute atomic E-state index is 11.3. The molecule has 0 aliphatic rings. The van der Waals surface area contributed by atoms with E-state index >= 15 is 0 Å². The van der Waals surface area contributed by atoms with Crippen LogP contribution in [0.25, 0.3) is 0 Å². The van der Waals surface area contributed by atoms with Crippen molar-refractivity contribution in [1.29, 1.82) is 0 Å². The number of rotatable bonds is 4. The molecule has 0 aromatic heterocycles. The van der Waals surface area contributed by atoms with Gasteiger partial charge in [-0.3, -0.25) is 4.90 Å². The molecule has 0 saturated carbocycles. The number of carboxylic acid groups (broad SMARTS) is 1. The number of hydrogen-bond donors (Lipinski definition) is 1. The van der Waals surface area contributed by atoms with Crippen molar-refractivity contribution < 1.29 is 19.4 Å². The summed E-state index contributed by atoms with van der Waals surface area (Å²) in [6, 6.07) is 8.22. The molecular weight excluding hydrogens is 222 g/mol. The van der Waals surface area contributed by atoms with Crippen LogP contribution in [0.4, 0.5) is 4.79 Å². The largest absolute Gasteiger partial charge is 0.480 e. The molecular formula is C12H15NO4. The van der Waals surface area contributed by atoms with E-state index in [1.165, 1.54) is 14.2 Å². The van der Waals surface area contributed by atoms with Crippen molar-refractivity contribution in [3.63, 3.8) is 0 Å². The molecule has 5 nitrogen and oxygen atoms in total. The van der Waals surface area contributed by atoms with Crippen LogP contribution in [-0.2, 0) is 16.0 Å². The first-order valence-corrected chi connectivity index (χ1v) is 5.13. The van der Waals surface area contributed by atoms with Crippen LogP contribution in [0, 0.1) is 0 Å². The maximum atomic E-state index is 11.3. The highest BCUT2D eigenvalue weighted by atomic mass is 16.5. The number of carbonyl (C=O) groups is 2. The molecule has 0 radical (unpaired) electrons. The van der Waals surface area contributed by atoms with Crippen LogP contribution in [0.2, 0.25) is 0 Å². The fourth-order valence-corrected chi connectivity index (χ4v) is 1.50. The van der Waals surface area contributed by atoms with Gasteiger partial charge in [0.1, 0.15) is 6.04 Å². The smallest absolute Gasteiger partial charge is 0.409 e. The molecule has 1 N–H and O–H groups in total. The quantitative estimate of drug-likeness (QED) is 0.859. The van der Waals surface area contributed by atoms with Crippen LogP contribution in [0.15, 0.2) is 30.3 Å². The summed E-state index contributed by atoms with van der Waals surface area (Å²) < 4.78 is 4.50. The van der Waals surface area contributed by atoms with E-state index in [1.54, 1.807) is 0 Å². The van der Waals surface area contributed by atoms with Gasteiger partial charge in [0.25, 0.3) is 0 Å². The summed E-state index contributed by atoms with van der Waals surface area (Å²) in [6.07, 6.45) is -0.407. The zero-order valence-electron chi connectivity index (χ0n) is 9.79.